The quantitative estimate of drug-likeness (QED) is 0.488. The van der Waals surface area contributed by atoms with Crippen LogP contribution in [0.2, 0.25) is 0 Å². The molecule has 0 unspecified atom stereocenters. The summed E-state index contributed by atoms with van der Waals surface area (Å²) in [6.07, 6.45) is 1.15. The van der Waals surface area contributed by atoms with Crippen molar-refractivity contribution in [2.24, 2.45) is 4.40 Å². The molecule has 0 aliphatic rings. The van der Waals surface area contributed by atoms with E-state index in [2.05, 4.69) is 4.40 Å². The second kappa shape index (κ2) is 6.15. The number of hydrogen-bond donors (Lipinski definition) is 0. The summed E-state index contributed by atoms with van der Waals surface area (Å²) >= 11 is 0. The smallest absolute Gasteiger partial charge is 0.258 e. The van der Waals surface area contributed by atoms with Crippen LogP contribution in [0.1, 0.15) is 11.1 Å². The van der Waals surface area contributed by atoms with Crippen molar-refractivity contribution in [2.75, 3.05) is 0 Å². The van der Waals surface area contributed by atoms with Gasteiger partial charge in [-0.25, -0.2) is 0 Å². The van der Waals surface area contributed by atoms with E-state index in [9.17, 15) is 18.5 Å². The van der Waals surface area contributed by atoms with Gasteiger partial charge in [-0.1, -0.05) is 12.1 Å². The lowest BCUT2D eigenvalue weighted by Crippen LogP contribution is -1.98. The Labute approximate surface area is 126 Å². The number of sulfonamides is 1. The van der Waals surface area contributed by atoms with E-state index in [4.69, 9.17) is 5.26 Å². The van der Waals surface area contributed by atoms with Crippen LogP contribution in [0.5, 0.6) is 0 Å². The van der Waals surface area contributed by atoms with E-state index >= 15 is 0 Å². The number of nitro benzene ring substituents is 1. The van der Waals surface area contributed by atoms with Crippen molar-refractivity contribution in [2.45, 2.75) is 4.90 Å². The van der Waals surface area contributed by atoms with Crippen LogP contribution in [0.3, 0.4) is 0 Å². The highest BCUT2D eigenvalue weighted by Gasteiger charge is 2.13. The molecule has 0 spiro atoms. The van der Waals surface area contributed by atoms with Crippen molar-refractivity contribution in [1.82, 2.24) is 0 Å². The van der Waals surface area contributed by atoms with E-state index in [0.29, 0.717) is 11.1 Å². The van der Waals surface area contributed by atoms with Gasteiger partial charge in [0.05, 0.1) is 21.5 Å². The molecule has 0 aliphatic carbocycles. The van der Waals surface area contributed by atoms with Crippen molar-refractivity contribution < 1.29 is 13.3 Å². The molecule has 0 atom stereocenters. The van der Waals surface area contributed by atoms with E-state index in [1.54, 1.807) is 24.3 Å². The Hall–Kier alpha value is -3.05. The van der Waals surface area contributed by atoms with Gasteiger partial charge in [-0.2, -0.15) is 18.1 Å². The summed E-state index contributed by atoms with van der Waals surface area (Å²) in [5.74, 6) is 0. The van der Waals surface area contributed by atoms with Gasteiger partial charge in [0.15, 0.2) is 0 Å². The molecule has 22 heavy (non-hydrogen) atoms. The third-order valence-electron chi connectivity index (χ3n) is 2.73. The molecule has 8 heteroatoms. The van der Waals surface area contributed by atoms with E-state index < -0.39 is 14.9 Å². The van der Waals surface area contributed by atoms with Gasteiger partial charge in [0.1, 0.15) is 0 Å². The molecule has 0 fully saturated rings. The molecular formula is C14H9N3O4S. The Morgan fingerprint density at radius 2 is 1.68 bits per heavy atom. The maximum atomic E-state index is 12.0. The molecule has 0 radical (unpaired) electrons. The number of nitro groups is 1. The summed E-state index contributed by atoms with van der Waals surface area (Å²) < 4.78 is 27.5. The van der Waals surface area contributed by atoms with Crippen LogP contribution in [0.15, 0.2) is 57.8 Å². The normalized spacial score (nSPS) is 11.2. The van der Waals surface area contributed by atoms with Crippen LogP contribution in [0.25, 0.3) is 0 Å². The summed E-state index contributed by atoms with van der Waals surface area (Å²) in [6.45, 7) is 0. The SMILES string of the molecule is N#Cc1ccc(/C=N/S(=O)(=O)c2ccc([N+](=O)[O-])cc2)cc1. The zero-order chi connectivity index (χ0) is 16.2. The summed E-state index contributed by atoms with van der Waals surface area (Å²) in [5.41, 5.74) is 0.773. The first-order valence-corrected chi connectivity index (χ1v) is 7.41. The Balaban J connectivity index is 2.24. The van der Waals surface area contributed by atoms with E-state index in [1.807, 2.05) is 6.07 Å². The maximum absolute atomic E-state index is 12.0. The predicted octanol–water partition coefficient (Wildman–Crippen LogP) is 2.27. The number of rotatable bonds is 4. The molecular weight excluding hydrogens is 306 g/mol. The summed E-state index contributed by atoms with van der Waals surface area (Å²) in [4.78, 5) is 9.78. The zero-order valence-corrected chi connectivity index (χ0v) is 11.9. The second-order valence-corrected chi connectivity index (χ2v) is 5.83. The van der Waals surface area contributed by atoms with Gasteiger partial charge in [0.25, 0.3) is 15.7 Å². The molecule has 0 saturated heterocycles. The van der Waals surface area contributed by atoms with Crippen molar-refractivity contribution in [3.8, 4) is 6.07 Å². The lowest BCUT2D eigenvalue weighted by atomic mass is 10.2. The number of benzene rings is 2. The summed E-state index contributed by atoms with van der Waals surface area (Å²) in [6, 6.07) is 12.6. The van der Waals surface area contributed by atoms with Gasteiger partial charge in [-0.05, 0) is 29.8 Å². The third-order valence-corrected chi connectivity index (χ3v) is 3.98. The highest BCUT2D eigenvalue weighted by atomic mass is 32.2. The minimum atomic E-state index is -3.93. The maximum Gasteiger partial charge on any atom is 0.282 e. The number of non-ortho nitro benzene ring substituents is 1. The first kappa shape index (κ1) is 15.3. The van der Waals surface area contributed by atoms with Gasteiger partial charge in [0, 0.05) is 18.3 Å². The Morgan fingerprint density at radius 1 is 1.09 bits per heavy atom. The second-order valence-electron chi connectivity index (χ2n) is 4.19. The van der Waals surface area contributed by atoms with Crippen LogP contribution < -0.4 is 0 Å². The fraction of sp³-hybridized carbons (Fsp3) is 0. The molecule has 0 saturated carbocycles. The topological polar surface area (TPSA) is 113 Å². The van der Waals surface area contributed by atoms with Gasteiger partial charge < -0.3 is 0 Å². The van der Waals surface area contributed by atoms with Crippen LogP contribution in [0.4, 0.5) is 5.69 Å². The monoisotopic (exact) mass is 315 g/mol. The molecule has 0 aliphatic heterocycles. The Morgan fingerprint density at radius 3 is 2.18 bits per heavy atom. The van der Waals surface area contributed by atoms with E-state index in [-0.39, 0.29) is 10.6 Å². The molecule has 0 amide bonds. The van der Waals surface area contributed by atoms with Crippen LogP contribution in [-0.4, -0.2) is 19.6 Å². The number of nitrogens with zero attached hydrogens (tertiary/aromatic N) is 3. The van der Waals surface area contributed by atoms with Crippen LogP contribution in [-0.2, 0) is 10.0 Å². The van der Waals surface area contributed by atoms with Crippen molar-refractivity contribution >= 4 is 21.9 Å². The largest absolute Gasteiger partial charge is 0.282 e. The zero-order valence-electron chi connectivity index (χ0n) is 11.1. The van der Waals surface area contributed by atoms with Crippen LogP contribution in [0, 0.1) is 21.4 Å². The van der Waals surface area contributed by atoms with Crippen molar-refractivity contribution in [1.29, 1.82) is 5.26 Å². The fourth-order valence-corrected chi connectivity index (χ4v) is 2.44. The van der Waals surface area contributed by atoms with Crippen molar-refractivity contribution in [3.05, 3.63) is 69.8 Å². The average molecular weight is 315 g/mol. The lowest BCUT2D eigenvalue weighted by molar-refractivity contribution is -0.384. The molecule has 7 nitrogen and oxygen atoms in total. The lowest BCUT2D eigenvalue weighted by Gasteiger charge is -1.98. The van der Waals surface area contributed by atoms with Crippen molar-refractivity contribution in [3.63, 3.8) is 0 Å². The molecule has 2 aromatic carbocycles. The molecule has 2 rings (SSSR count). The Bertz CT molecular complexity index is 864. The molecule has 0 N–H and O–H groups in total. The number of hydrogen-bond acceptors (Lipinski definition) is 5. The molecule has 0 aromatic heterocycles. The third kappa shape index (κ3) is 3.53. The molecule has 0 bridgehead atoms. The van der Waals surface area contributed by atoms with Gasteiger partial charge in [0.2, 0.25) is 0 Å². The average Bonchev–Trinajstić information content (AvgIpc) is 2.53. The number of nitriles is 1. The molecule has 2 aromatic rings. The predicted molar refractivity (Wildman–Crippen MR) is 79.0 cm³/mol. The minimum Gasteiger partial charge on any atom is -0.258 e. The van der Waals surface area contributed by atoms with E-state index in [0.717, 1.165) is 30.5 Å². The molecule has 110 valence electrons. The standard InChI is InChI=1S/C14H9N3O4S/c15-9-11-1-3-12(4-2-11)10-16-22(20,21)14-7-5-13(6-8-14)17(18)19/h1-8,10H/b16-10+. The first-order chi connectivity index (χ1) is 10.4. The minimum absolute atomic E-state index is 0.136. The van der Waals surface area contributed by atoms with Gasteiger partial charge in [-0.15, -0.1) is 0 Å². The highest BCUT2D eigenvalue weighted by Crippen LogP contribution is 2.17. The fourth-order valence-electron chi connectivity index (χ4n) is 1.57. The Kier molecular flexibility index (Phi) is 4.29. The summed E-state index contributed by atoms with van der Waals surface area (Å²) in [7, 11) is -3.93. The van der Waals surface area contributed by atoms with E-state index in [1.165, 1.54) is 0 Å². The first-order valence-electron chi connectivity index (χ1n) is 5.97. The van der Waals surface area contributed by atoms with Gasteiger partial charge in [-0.3, -0.25) is 10.1 Å². The van der Waals surface area contributed by atoms with Crippen LogP contribution >= 0.6 is 0 Å². The molecule has 0 heterocycles. The summed E-state index contributed by atoms with van der Waals surface area (Å²) in [5, 5.41) is 19.2. The highest BCUT2D eigenvalue weighted by molar-refractivity contribution is 7.90. The van der Waals surface area contributed by atoms with Gasteiger partial charge >= 0.3 is 0 Å².